The molecule has 1 aliphatic rings. The van der Waals surface area contributed by atoms with Crippen LogP contribution in [-0.2, 0) is 9.31 Å². The third kappa shape index (κ3) is 1.85. The van der Waals surface area contributed by atoms with E-state index in [0.717, 1.165) is 4.78 Å². The molecule has 1 saturated heterocycles. The van der Waals surface area contributed by atoms with Gasteiger partial charge in [-0.2, -0.15) is 4.37 Å². The average molecular weight is 241 g/mol. The molecule has 0 saturated carbocycles. The molecule has 16 heavy (non-hydrogen) atoms. The lowest BCUT2D eigenvalue weighted by atomic mass is 9.88. The Kier molecular flexibility index (Phi) is 2.76. The summed E-state index contributed by atoms with van der Waals surface area (Å²) in [6.07, 6.45) is 0. The van der Waals surface area contributed by atoms with Gasteiger partial charge in [0, 0.05) is 6.07 Å². The van der Waals surface area contributed by atoms with Crippen molar-refractivity contribution in [1.29, 1.82) is 0 Å². The molecule has 0 bridgehead atoms. The molecule has 0 aromatic carbocycles. The van der Waals surface area contributed by atoms with Gasteiger partial charge in [-0.05, 0) is 39.2 Å². The highest BCUT2D eigenvalue weighted by atomic mass is 32.1. The summed E-state index contributed by atoms with van der Waals surface area (Å²) in [5.41, 5.74) is -0.621. The molecule has 4 nitrogen and oxygen atoms in total. The van der Waals surface area contributed by atoms with Crippen LogP contribution in [0, 0.1) is 0 Å². The Morgan fingerprint density at radius 2 is 1.81 bits per heavy atom. The lowest BCUT2D eigenvalue weighted by molar-refractivity contribution is 0.00578. The summed E-state index contributed by atoms with van der Waals surface area (Å²) in [5.74, 6) is 0.606. The van der Waals surface area contributed by atoms with Crippen LogP contribution < -0.4 is 9.51 Å². The molecule has 0 atom stereocenters. The number of rotatable bonds is 2. The van der Waals surface area contributed by atoms with E-state index in [2.05, 4.69) is 4.37 Å². The number of hydrogen-bond donors (Lipinski definition) is 0. The minimum atomic E-state index is -0.341. The van der Waals surface area contributed by atoms with Gasteiger partial charge in [0.1, 0.15) is 0 Å². The topological polar surface area (TPSA) is 40.6 Å². The summed E-state index contributed by atoms with van der Waals surface area (Å²) >= 11 is 1.35. The van der Waals surface area contributed by atoms with Crippen molar-refractivity contribution in [2.24, 2.45) is 0 Å². The lowest BCUT2D eigenvalue weighted by Crippen LogP contribution is -2.41. The maximum Gasteiger partial charge on any atom is 0.507 e. The highest BCUT2D eigenvalue weighted by Crippen LogP contribution is 2.36. The SMILES string of the molecule is COc1cc(B2OC(C)(C)C(C)(C)O2)sn1. The smallest absolute Gasteiger partial charge is 0.480 e. The molecule has 1 aromatic heterocycles. The predicted molar refractivity (Wildman–Crippen MR) is 64.4 cm³/mol. The van der Waals surface area contributed by atoms with E-state index >= 15 is 0 Å². The van der Waals surface area contributed by atoms with Gasteiger partial charge in [0.15, 0.2) is 0 Å². The van der Waals surface area contributed by atoms with Gasteiger partial charge >= 0.3 is 7.12 Å². The monoisotopic (exact) mass is 241 g/mol. The Bertz CT molecular complexity index is 375. The number of ether oxygens (including phenoxy) is 1. The van der Waals surface area contributed by atoms with Crippen molar-refractivity contribution in [3.63, 3.8) is 0 Å². The van der Waals surface area contributed by atoms with E-state index in [1.54, 1.807) is 7.11 Å². The van der Waals surface area contributed by atoms with Gasteiger partial charge < -0.3 is 14.0 Å². The standard InChI is InChI=1S/C10H16BNO3S/c1-9(2)10(3,4)15-11(14-9)7-6-8(13-5)12-16-7/h6H,1-5H3. The fourth-order valence-electron chi connectivity index (χ4n) is 1.44. The number of methoxy groups -OCH3 is 1. The van der Waals surface area contributed by atoms with Gasteiger partial charge in [-0.1, -0.05) is 0 Å². The van der Waals surface area contributed by atoms with E-state index in [0.29, 0.717) is 5.88 Å². The molecule has 1 aromatic rings. The normalized spacial score (nSPS) is 22.4. The molecule has 0 spiro atoms. The van der Waals surface area contributed by atoms with Crippen LogP contribution in [0.15, 0.2) is 6.07 Å². The van der Waals surface area contributed by atoms with Crippen molar-refractivity contribution < 1.29 is 14.0 Å². The number of nitrogens with zero attached hydrogens (tertiary/aromatic N) is 1. The first-order chi connectivity index (χ1) is 7.36. The van der Waals surface area contributed by atoms with Crippen molar-refractivity contribution in [3.05, 3.63) is 6.07 Å². The van der Waals surface area contributed by atoms with Crippen LogP contribution in [0.25, 0.3) is 0 Å². The summed E-state index contributed by atoms with van der Waals surface area (Å²) in [7, 11) is 1.26. The van der Waals surface area contributed by atoms with Gasteiger partial charge in [-0.3, -0.25) is 0 Å². The molecule has 6 heteroatoms. The van der Waals surface area contributed by atoms with Crippen molar-refractivity contribution in [2.75, 3.05) is 7.11 Å². The molecule has 0 radical (unpaired) electrons. The predicted octanol–water partition coefficient (Wildman–Crippen LogP) is 1.45. The van der Waals surface area contributed by atoms with E-state index in [1.165, 1.54) is 11.5 Å². The molecule has 88 valence electrons. The Morgan fingerprint density at radius 3 is 2.25 bits per heavy atom. The van der Waals surface area contributed by atoms with E-state index in [4.69, 9.17) is 14.0 Å². The molecule has 0 amide bonds. The van der Waals surface area contributed by atoms with E-state index < -0.39 is 0 Å². The summed E-state index contributed by atoms with van der Waals surface area (Å²) in [6, 6.07) is 1.85. The fraction of sp³-hybridized carbons (Fsp3) is 0.700. The van der Waals surface area contributed by atoms with Crippen molar-refractivity contribution in [2.45, 2.75) is 38.9 Å². The van der Waals surface area contributed by atoms with E-state index in [1.807, 2.05) is 33.8 Å². The average Bonchev–Trinajstić information content (AvgIpc) is 2.70. The highest BCUT2D eigenvalue weighted by molar-refractivity contribution is 7.17. The zero-order valence-electron chi connectivity index (χ0n) is 10.2. The first-order valence-electron chi connectivity index (χ1n) is 5.22. The molecule has 0 unspecified atom stereocenters. The van der Waals surface area contributed by atoms with Crippen LogP contribution in [0.4, 0.5) is 0 Å². The lowest BCUT2D eigenvalue weighted by Gasteiger charge is -2.32. The maximum absolute atomic E-state index is 5.90. The van der Waals surface area contributed by atoms with Crippen LogP contribution in [0.2, 0.25) is 0 Å². The second-order valence-electron chi connectivity index (χ2n) is 4.86. The van der Waals surface area contributed by atoms with Crippen LogP contribution in [0.1, 0.15) is 27.7 Å². The van der Waals surface area contributed by atoms with Gasteiger partial charge in [0.2, 0.25) is 5.88 Å². The van der Waals surface area contributed by atoms with Crippen LogP contribution in [0.3, 0.4) is 0 Å². The molecule has 1 aliphatic heterocycles. The van der Waals surface area contributed by atoms with E-state index in [-0.39, 0.29) is 18.3 Å². The Hall–Kier alpha value is -0.585. The third-order valence-electron chi connectivity index (χ3n) is 3.20. The Balaban J connectivity index is 2.20. The van der Waals surface area contributed by atoms with Gasteiger partial charge in [-0.15, -0.1) is 0 Å². The Labute approximate surface area is 100 Å². The van der Waals surface area contributed by atoms with Gasteiger partial charge in [0.05, 0.1) is 23.1 Å². The molecular formula is C10H16BNO3S. The molecule has 2 heterocycles. The third-order valence-corrected chi connectivity index (χ3v) is 3.99. The summed E-state index contributed by atoms with van der Waals surface area (Å²) in [5, 5.41) is 0. The quantitative estimate of drug-likeness (QED) is 0.735. The second kappa shape index (κ2) is 3.72. The maximum atomic E-state index is 5.90. The molecule has 0 aliphatic carbocycles. The van der Waals surface area contributed by atoms with Crippen molar-refractivity contribution >= 4 is 23.4 Å². The zero-order valence-corrected chi connectivity index (χ0v) is 11.1. The van der Waals surface area contributed by atoms with Gasteiger partial charge in [0.25, 0.3) is 0 Å². The minimum Gasteiger partial charge on any atom is -0.480 e. The van der Waals surface area contributed by atoms with Gasteiger partial charge in [-0.25, -0.2) is 0 Å². The van der Waals surface area contributed by atoms with Crippen molar-refractivity contribution in [1.82, 2.24) is 4.37 Å². The molecule has 1 fully saturated rings. The number of aromatic nitrogens is 1. The zero-order chi connectivity index (χ0) is 12.0. The second-order valence-corrected chi connectivity index (χ2v) is 5.70. The number of hydrogen-bond acceptors (Lipinski definition) is 5. The Morgan fingerprint density at radius 1 is 1.25 bits per heavy atom. The van der Waals surface area contributed by atoms with Crippen LogP contribution in [0.5, 0.6) is 5.88 Å². The first-order valence-corrected chi connectivity index (χ1v) is 5.99. The minimum absolute atomic E-state index is 0.311. The largest absolute Gasteiger partial charge is 0.507 e. The summed E-state index contributed by atoms with van der Waals surface area (Å²) in [4.78, 5) is 0. The highest BCUT2D eigenvalue weighted by Gasteiger charge is 2.52. The molecule has 2 rings (SSSR count). The molecular weight excluding hydrogens is 225 g/mol. The summed E-state index contributed by atoms with van der Waals surface area (Å²) < 4.78 is 21.9. The fourth-order valence-corrected chi connectivity index (χ4v) is 2.10. The first kappa shape index (κ1) is 11.9. The van der Waals surface area contributed by atoms with Crippen LogP contribution in [-0.4, -0.2) is 29.8 Å². The van der Waals surface area contributed by atoms with Crippen LogP contribution >= 0.6 is 11.5 Å². The van der Waals surface area contributed by atoms with Crippen molar-refractivity contribution in [3.8, 4) is 5.88 Å². The molecule has 0 N–H and O–H groups in total. The van der Waals surface area contributed by atoms with E-state index in [9.17, 15) is 0 Å². The summed E-state index contributed by atoms with van der Waals surface area (Å²) in [6.45, 7) is 8.13.